The van der Waals surface area contributed by atoms with Crippen molar-refractivity contribution in [3.8, 4) is 5.69 Å². The number of fused-ring (bicyclic) bond motifs is 1. The van der Waals surface area contributed by atoms with Gasteiger partial charge in [0.2, 0.25) is 5.91 Å². The van der Waals surface area contributed by atoms with Crippen molar-refractivity contribution in [2.45, 2.75) is 50.6 Å². The average molecular weight is 414 g/mol. The van der Waals surface area contributed by atoms with Gasteiger partial charge in [-0.3, -0.25) is 14.2 Å². The fourth-order valence-electron chi connectivity index (χ4n) is 2.82. The maximum absolute atomic E-state index is 14.2. The number of thioether (sulfide) groups is 1. The second-order valence-electron chi connectivity index (χ2n) is 7.98. The summed E-state index contributed by atoms with van der Waals surface area (Å²) in [7, 11) is 0. The Kier molecular flexibility index (Phi) is 5.80. The number of para-hydroxylation sites is 1. The Hall–Kier alpha value is -2.67. The molecule has 29 heavy (non-hydrogen) atoms. The Bertz CT molecular complexity index is 1140. The first-order valence-corrected chi connectivity index (χ1v) is 10.2. The van der Waals surface area contributed by atoms with E-state index in [1.54, 1.807) is 50.2 Å². The Morgan fingerprint density at radius 2 is 1.90 bits per heavy atom. The maximum Gasteiger partial charge on any atom is 0.266 e. The lowest BCUT2D eigenvalue weighted by molar-refractivity contribution is -0.121. The molecule has 0 spiro atoms. The lowest BCUT2D eigenvalue weighted by Crippen LogP contribution is -2.44. The summed E-state index contributed by atoms with van der Waals surface area (Å²) in [4.78, 5) is 30.4. The first kappa shape index (κ1) is 21.0. The van der Waals surface area contributed by atoms with Crippen LogP contribution in [-0.2, 0) is 4.79 Å². The molecule has 2 aromatic carbocycles. The van der Waals surface area contributed by atoms with Gasteiger partial charge in [0.25, 0.3) is 5.56 Å². The predicted octanol–water partition coefficient (Wildman–Crippen LogP) is 4.23. The van der Waals surface area contributed by atoms with Gasteiger partial charge in [-0.25, -0.2) is 9.37 Å². The van der Waals surface area contributed by atoms with Crippen LogP contribution in [0.4, 0.5) is 4.39 Å². The zero-order valence-electron chi connectivity index (χ0n) is 17.1. The molecule has 3 aromatic rings. The zero-order valence-corrected chi connectivity index (χ0v) is 17.9. The van der Waals surface area contributed by atoms with Crippen LogP contribution in [0.3, 0.4) is 0 Å². The van der Waals surface area contributed by atoms with Crippen molar-refractivity contribution in [3.05, 3.63) is 64.2 Å². The predicted molar refractivity (Wildman–Crippen MR) is 115 cm³/mol. The summed E-state index contributed by atoms with van der Waals surface area (Å²) in [5.74, 6) is -0.566. The van der Waals surface area contributed by atoms with E-state index in [1.807, 2.05) is 20.8 Å². The summed E-state index contributed by atoms with van der Waals surface area (Å²) >= 11 is 1.17. The molecule has 152 valence electrons. The van der Waals surface area contributed by atoms with Gasteiger partial charge >= 0.3 is 0 Å². The molecule has 3 rings (SSSR count). The van der Waals surface area contributed by atoms with Crippen LogP contribution < -0.4 is 10.9 Å². The Balaban J connectivity index is 2.13. The number of amides is 1. The molecule has 1 heterocycles. The van der Waals surface area contributed by atoms with E-state index in [-0.39, 0.29) is 17.0 Å². The topological polar surface area (TPSA) is 64.0 Å². The number of nitrogens with one attached hydrogen (secondary N) is 1. The molecule has 0 fully saturated rings. The van der Waals surface area contributed by atoms with Crippen LogP contribution in [0.1, 0.15) is 33.3 Å². The third-order valence-electron chi connectivity index (χ3n) is 4.31. The van der Waals surface area contributed by atoms with Crippen molar-refractivity contribution < 1.29 is 9.18 Å². The third kappa shape index (κ3) is 4.67. The molecule has 0 saturated carbocycles. The largest absolute Gasteiger partial charge is 0.351 e. The van der Waals surface area contributed by atoms with Crippen molar-refractivity contribution in [1.82, 2.24) is 14.9 Å². The molecule has 0 aliphatic rings. The molecule has 0 radical (unpaired) electrons. The number of rotatable bonds is 4. The van der Waals surface area contributed by atoms with Gasteiger partial charge in [-0.15, -0.1) is 0 Å². The molecule has 0 aliphatic carbocycles. The summed E-state index contributed by atoms with van der Waals surface area (Å²) in [5.41, 5.74) is 0.727. The summed E-state index contributed by atoms with van der Waals surface area (Å²) in [5, 5.41) is 3.21. The van der Waals surface area contributed by atoms with Crippen LogP contribution in [-0.4, -0.2) is 26.2 Å². The molecule has 0 aliphatic heterocycles. The number of hydrogen-bond acceptors (Lipinski definition) is 4. The SMILES string of the molecule is Cc1ccc(-n2c(SC(C)C(=O)NC(C)(C)C)nc3ccccc3c2=O)cc1F. The fourth-order valence-corrected chi connectivity index (χ4v) is 3.75. The van der Waals surface area contributed by atoms with Crippen LogP contribution in [0.15, 0.2) is 52.4 Å². The molecule has 7 heteroatoms. The lowest BCUT2D eigenvalue weighted by Gasteiger charge is -2.23. The summed E-state index contributed by atoms with van der Waals surface area (Å²) in [6.07, 6.45) is 0. The number of halogens is 1. The van der Waals surface area contributed by atoms with Gasteiger partial charge in [-0.1, -0.05) is 30.0 Å². The molecule has 1 atom stereocenters. The molecule has 1 aromatic heterocycles. The van der Waals surface area contributed by atoms with E-state index in [4.69, 9.17) is 0 Å². The van der Waals surface area contributed by atoms with Crippen LogP contribution in [0.25, 0.3) is 16.6 Å². The van der Waals surface area contributed by atoms with Crippen molar-refractivity contribution in [2.24, 2.45) is 0 Å². The maximum atomic E-state index is 14.2. The van der Waals surface area contributed by atoms with E-state index in [1.165, 1.54) is 22.4 Å². The number of benzene rings is 2. The Morgan fingerprint density at radius 3 is 2.55 bits per heavy atom. The summed E-state index contributed by atoms with van der Waals surface area (Å²) < 4.78 is 15.6. The van der Waals surface area contributed by atoms with E-state index in [0.717, 1.165) is 0 Å². The number of carbonyl (C=O) groups is 1. The van der Waals surface area contributed by atoms with Gasteiger partial charge in [0.05, 0.1) is 21.8 Å². The molecule has 5 nitrogen and oxygen atoms in total. The van der Waals surface area contributed by atoms with Gasteiger partial charge in [-0.05, 0) is 64.4 Å². The summed E-state index contributed by atoms with van der Waals surface area (Å²) in [6.45, 7) is 9.13. The van der Waals surface area contributed by atoms with Crippen molar-refractivity contribution in [3.63, 3.8) is 0 Å². The highest BCUT2D eigenvalue weighted by atomic mass is 32.2. The molecule has 0 bridgehead atoms. The highest BCUT2D eigenvalue weighted by molar-refractivity contribution is 8.00. The van der Waals surface area contributed by atoms with Crippen molar-refractivity contribution in [1.29, 1.82) is 0 Å². The van der Waals surface area contributed by atoms with E-state index < -0.39 is 11.1 Å². The second-order valence-corrected chi connectivity index (χ2v) is 9.29. The van der Waals surface area contributed by atoms with Gasteiger partial charge in [0, 0.05) is 5.54 Å². The van der Waals surface area contributed by atoms with Crippen molar-refractivity contribution in [2.75, 3.05) is 0 Å². The minimum atomic E-state index is -0.496. The normalized spacial score (nSPS) is 12.8. The monoisotopic (exact) mass is 413 g/mol. The first-order chi connectivity index (χ1) is 13.6. The fraction of sp³-hybridized carbons (Fsp3) is 0.318. The molecule has 1 unspecified atom stereocenters. The molecule has 0 saturated heterocycles. The van der Waals surface area contributed by atoms with E-state index in [9.17, 15) is 14.0 Å². The van der Waals surface area contributed by atoms with E-state index >= 15 is 0 Å². The molecular weight excluding hydrogens is 389 g/mol. The number of aromatic nitrogens is 2. The van der Waals surface area contributed by atoms with Gasteiger partial charge in [0.15, 0.2) is 5.16 Å². The number of aryl methyl sites for hydroxylation is 1. The number of carbonyl (C=O) groups excluding carboxylic acids is 1. The quantitative estimate of drug-likeness (QED) is 0.514. The molecule has 1 N–H and O–H groups in total. The van der Waals surface area contributed by atoms with Gasteiger partial charge in [-0.2, -0.15) is 0 Å². The number of nitrogens with zero attached hydrogens (tertiary/aromatic N) is 2. The smallest absolute Gasteiger partial charge is 0.266 e. The van der Waals surface area contributed by atoms with Crippen LogP contribution >= 0.6 is 11.8 Å². The second kappa shape index (κ2) is 7.99. The first-order valence-electron chi connectivity index (χ1n) is 9.34. The highest BCUT2D eigenvalue weighted by Crippen LogP contribution is 2.26. The molecular formula is C22H24FN3O2S. The minimum Gasteiger partial charge on any atom is -0.351 e. The molecule has 1 amide bonds. The standard InChI is InChI=1S/C22H24FN3O2S/c1-13-10-11-15(12-17(13)23)26-20(28)16-8-6-7-9-18(16)24-21(26)29-14(2)19(27)25-22(3,4)5/h6-12,14H,1-5H3,(H,25,27). The number of hydrogen-bond donors (Lipinski definition) is 1. The Morgan fingerprint density at radius 1 is 1.21 bits per heavy atom. The minimum absolute atomic E-state index is 0.161. The Labute approximate surface area is 173 Å². The van der Waals surface area contributed by atoms with Crippen LogP contribution in [0.2, 0.25) is 0 Å². The average Bonchev–Trinajstić information content (AvgIpc) is 2.63. The van der Waals surface area contributed by atoms with Gasteiger partial charge in [0.1, 0.15) is 5.82 Å². The van der Waals surface area contributed by atoms with Crippen molar-refractivity contribution >= 4 is 28.6 Å². The van der Waals surface area contributed by atoms with E-state index in [2.05, 4.69) is 10.3 Å². The third-order valence-corrected chi connectivity index (χ3v) is 5.36. The lowest BCUT2D eigenvalue weighted by atomic mass is 10.1. The summed E-state index contributed by atoms with van der Waals surface area (Å²) in [6, 6.07) is 11.6. The zero-order chi connectivity index (χ0) is 21.3. The van der Waals surface area contributed by atoms with Crippen LogP contribution in [0, 0.1) is 12.7 Å². The van der Waals surface area contributed by atoms with Crippen LogP contribution in [0.5, 0.6) is 0 Å². The van der Waals surface area contributed by atoms with Gasteiger partial charge < -0.3 is 5.32 Å². The van der Waals surface area contributed by atoms with E-state index in [0.29, 0.717) is 27.3 Å². The highest BCUT2D eigenvalue weighted by Gasteiger charge is 2.23.